The lowest BCUT2D eigenvalue weighted by Crippen LogP contribution is -2.06. The monoisotopic (exact) mass is 354 g/mol. The van der Waals surface area contributed by atoms with Crippen molar-refractivity contribution in [2.24, 2.45) is 5.92 Å². The van der Waals surface area contributed by atoms with E-state index in [0.29, 0.717) is 24.0 Å². The molecule has 1 aliphatic carbocycles. The molecule has 2 atom stereocenters. The van der Waals surface area contributed by atoms with Crippen LogP contribution in [0.1, 0.15) is 23.5 Å². The summed E-state index contributed by atoms with van der Waals surface area (Å²) in [4.78, 5) is 21.3. The summed E-state index contributed by atoms with van der Waals surface area (Å²) in [5.41, 5.74) is 4.59. The van der Waals surface area contributed by atoms with Crippen molar-refractivity contribution in [2.75, 3.05) is 0 Å². The highest BCUT2D eigenvalue weighted by Crippen LogP contribution is 2.48. The molecule has 1 saturated carbocycles. The van der Waals surface area contributed by atoms with Gasteiger partial charge in [0.15, 0.2) is 5.58 Å². The molecule has 4 aromatic rings. The highest BCUT2D eigenvalue weighted by Gasteiger charge is 2.43. The van der Waals surface area contributed by atoms with E-state index in [4.69, 9.17) is 4.42 Å². The number of nitrogens with zero attached hydrogens (tertiary/aromatic N) is 2. The van der Waals surface area contributed by atoms with E-state index >= 15 is 0 Å². The number of ketones is 1. The Labute approximate surface area is 156 Å². The van der Waals surface area contributed by atoms with E-state index in [-0.39, 0.29) is 5.92 Å². The van der Waals surface area contributed by atoms with E-state index in [1.54, 1.807) is 12.4 Å². The van der Waals surface area contributed by atoms with Gasteiger partial charge in [0.2, 0.25) is 5.89 Å². The first-order valence-corrected chi connectivity index (χ1v) is 9.15. The van der Waals surface area contributed by atoms with Crippen molar-refractivity contribution < 1.29 is 9.21 Å². The maximum absolute atomic E-state index is 12.7. The molecule has 132 valence electrons. The Balaban J connectivity index is 1.33. The van der Waals surface area contributed by atoms with Gasteiger partial charge >= 0.3 is 0 Å². The number of benzene rings is 2. The van der Waals surface area contributed by atoms with E-state index in [2.05, 4.69) is 22.1 Å². The Morgan fingerprint density at radius 2 is 1.96 bits per heavy atom. The van der Waals surface area contributed by atoms with Crippen LogP contribution in [-0.4, -0.2) is 15.8 Å². The van der Waals surface area contributed by atoms with Crippen LogP contribution >= 0.6 is 0 Å². The zero-order chi connectivity index (χ0) is 18.2. The Morgan fingerprint density at radius 3 is 2.78 bits per heavy atom. The zero-order valence-electron chi connectivity index (χ0n) is 14.7. The molecule has 2 aromatic carbocycles. The smallest absolute Gasteiger partial charge is 0.228 e. The average molecular weight is 354 g/mol. The van der Waals surface area contributed by atoms with Gasteiger partial charge < -0.3 is 4.42 Å². The summed E-state index contributed by atoms with van der Waals surface area (Å²) >= 11 is 0. The number of fused-ring (bicyclic) bond motifs is 1. The topological polar surface area (TPSA) is 56.0 Å². The predicted molar refractivity (Wildman–Crippen MR) is 103 cm³/mol. The van der Waals surface area contributed by atoms with Crippen LogP contribution in [0.4, 0.5) is 0 Å². The minimum atomic E-state index is 0.145. The molecule has 0 amide bonds. The van der Waals surface area contributed by atoms with Crippen molar-refractivity contribution in [3.63, 3.8) is 0 Å². The van der Waals surface area contributed by atoms with E-state index < -0.39 is 0 Å². The summed E-state index contributed by atoms with van der Waals surface area (Å²) in [6.07, 6.45) is 4.85. The molecule has 2 heterocycles. The number of carbonyl (C=O) groups excluding carboxylic acids is 1. The second kappa shape index (κ2) is 6.47. The lowest BCUT2D eigenvalue weighted by Gasteiger charge is -2.02. The molecule has 0 radical (unpaired) electrons. The molecular formula is C23H18N2O2. The van der Waals surface area contributed by atoms with Gasteiger partial charge in [-0.1, -0.05) is 36.4 Å². The molecule has 4 heteroatoms. The van der Waals surface area contributed by atoms with Crippen molar-refractivity contribution in [1.82, 2.24) is 9.97 Å². The molecule has 1 aliphatic rings. The normalized spacial score (nSPS) is 18.5. The van der Waals surface area contributed by atoms with Crippen LogP contribution in [0.25, 0.3) is 22.6 Å². The second-order valence-electron chi connectivity index (χ2n) is 7.07. The number of rotatable bonds is 5. The van der Waals surface area contributed by atoms with Crippen molar-refractivity contribution in [1.29, 1.82) is 0 Å². The molecule has 0 saturated heterocycles. The summed E-state index contributed by atoms with van der Waals surface area (Å²) in [5.74, 6) is 1.38. The minimum absolute atomic E-state index is 0.145. The number of aromatic nitrogens is 2. The number of oxazole rings is 1. The summed E-state index contributed by atoms with van der Waals surface area (Å²) < 4.78 is 5.81. The number of carbonyl (C=O) groups is 1. The summed E-state index contributed by atoms with van der Waals surface area (Å²) in [6, 6.07) is 19.9. The van der Waals surface area contributed by atoms with E-state index in [9.17, 15) is 4.79 Å². The highest BCUT2D eigenvalue weighted by molar-refractivity contribution is 5.88. The fourth-order valence-corrected chi connectivity index (χ4v) is 3.65. The molecule has 0 aliphatic heterocycles. The first-order valence-electron chi connectivity index (χ1n) is 9.15. The number of pyridine rings is 1. The first-order chi connectivity index (χ1) is 13.3. The standard InChI is InChI=1S/C23H18N2O2/c26-21(19-13-18(19)16-5-2-1-3-6-16)12-15-8-9-22-20(11-15)25-23(27-22)17-7-4-10-24-14-17/h1-11,14,18-19H,12-13H2/t18-,19+/m0/s1. The minimum Gasteiger partial charge on any atom is -0.436 e. The SMILES string of the molecule is O=C(Cc1ccc2oc(-c3cccnc3)nc2c1)[C@@H]1C[C@H]1c1ccccc1. The van der Waals surface area contributed by atoms with Crippen LogP contribution in [0.2, 0.25) is 0 Å². The molecule has 0 bridgehead atoms. The van der Waals surface area contributed by atoms with E-state index in [1.165, 1.54) is 5.56 Å². The van der Waals surface area contributed by atoms with Crippen molar-refractivity contribution >= 4 is 16.9 Å². The molecule has 27 heavy (non-hydrogen) atoms. The van der Waals surface area contributed by atoms with Crippen LogP contribution in [0, 0.1) is 5.92 Å². The predicted octanol–water partition coefficient (Wildman–Crippen LogP) is 4.81. The Bertz CT molecular complexity index is 1100. The van der Waals surface area contributed by atoms with Crippen LogP contribution in [0.5, 0.6) is 0 Å². The van der Waals surface area contributed by atoms with Crippen molar-refractivity contribution in [2.45, 2.75) is 18.8 Å². The molecule has 2 aromatic heterocycles. The van der Waals surface area contributed by atoms with Crippen molar-refractivity contribution in [3.05, 3.63) is 84.2 Å². The van der Waals surface area contributed by atoms with Crippen LogP contribution in [-0.2, 0) is 11.2 Å². The lowest BCUT2D eigenvalue weighted by molar-refractivity contribution is -0.119. The van der Waals surface area contributed by atoms with Gasteiger partial charge in [-0.15, -0.1) is 0 Å². The third-order valence-corrected chi connectivity index (χ3v) is 5.17. The first kappa shape index (κ1) is 15.9. The van der Waals surface area contributed by atoms with Crippen LogP contribution in [0.3, 0.4) is 0 Å². The van der Waals surface area contributed by atoms with Gasteiger partial charge in [-0.2, -0.15) is 0 Å². The fourth-order valence-electron chi connectivity index (χ4n) is 3.65. The van der Waals surface area contributed by atoms with Crippen molar-refractivity contribution in [3.8, 4) is 11.5 Å². The summed E-state index contributed by atoms with van der Waals surface area (Å²) in [7, 11) is 0. The van der Waals surface area contributed by atoms with Crippen LogP contribution < -0.4 is 0 Å². The summed E-state index contributed by atoms with van der Waals surface area (Å²) in [6.45, 7) is 0. The molecule has 4 nitrogen and oxygen atoms in total. The third-order valence-electron chi connectivity index (χ3n) is 5.17. The Morgan fingerprint density at radius 1 is 1.07 bits per heavy atom. The Hall–Kier alpha value is -3.27. The van der Waals surface area contributed by atoms with Gasteiger partial charge in [0.25, 0.3) is 0 Å². The lowest BCUT2D eigenvalue weighted by atomic mass is 10.0. The van der Waals surface area contributed by atoms with E-state index in [1.807, 2.05) is 48.5 Å². The van der Waals surface area contributed by atoms with Gasteiger partial charge in [-0.3, -0.25) is 9.78 Å². The largest absolute Gasteiger partial charge is 0.436 e. The van der Waals surface area contributed by atoms with Crippen LogP contribution in [0.15, 0.2) is 77.5 Å². The molecule has 0 N–H and O–H groups in total. The Kier molecular flexibility index (Phi) is 3.82. The zero-order valence-corrected chi connectivity index (χ0v) is 14.7. The molecule has 1 fully saturated rings. The molecule has 0 unspecified atom stereocenters. The molecule has 0 spiro atoms. The average Bonchev–Trinajstić information content (AvgIpc) is 3.41. The summed E-state index contributed by atoms with van der Waals surface area (Å²) in [5, 5.41) is 0. The highest BCUT2D eigenvalue weighted by atomic mass is 16.3. The van der Waals surface area contributed by atoms with E-state index in [0.717, 1.165) is 28.6 Å². The maximum atomic E-state index is 12.7. The maximum Gasteiger partial charge on any atom is 0.228 e. The number of Topliss-reactive ketones (excluding diaryl/α,β-unsaturated/α-hetero) is 1. The second-order valence-corrected chi connectivity index (χ2v) is 7.07. The van der Waals surface area contributed by atoms with Gasteiger partial charge in [0.05, 0.1) is 5.56 Å². The van der Waals surface area contributed by atoms with Gasteiger partial charge in [0, 0.05) is 24.7 Å². The number of hydrogen-bond acceptors (Lipinski definition) is 4. The van der Waals surface area contributed by atoms with Gasteiger partial charge in [-0.25, -0.2) is 4.98 Å². The van der Waals surface area contributed by atoms with Gasteiger partial charge in [-0.05, 0) is 47.7 Å². The quantitative estimate of drug-likeness (QED) is 0.516. The fraction of sp³-hybridized carbons (Fsp3) is 0.174. The van der Waals surface area contributed by atoms with Gasteiger partial charge in [0.1, 0.15) is 11.3 Å². The third kappa shape index (κ3) is 3.14. The molecule has 5 rings (SSSR count). The molecular weight excluding hydrogens is 336 g/mol. The number of hydrogen-bond donors (Lipinski definition) is 0.